The Kier molecular flexibility index (Phi) is 17.8. The van der Waals surface area contributed by atoms with Gasteiger partial charge in [-0.2, -0.15) is 0 Å². The van der Waals surface area contributed by atoms with Crippen LogP contribution in [0.15, 0.2) is 0 Å². The molecule has 0 bridgehead atoms. The average molecular weight is 219 g/mol. The molecule has 1 N–H and O–H groups in total. The first-order valence-electron chi connectivity index (χ1n) is 5.62. The second-order valence-electron chi connectivity index (χ2n) is 3.91. The van der Waals surface area contributed by atoms with Gasteiger partial charge < -0.3 is 10.1 Å². The third-order valence-corrected chi connectivity index (χ3v) is 1.58. The molecule has 0 aromatic rings. The summed E-state index contributed by atoms with van der Waals surface area (Å²) in [6.45, 7) is 14.1. The van der Waals surface area contributed by atoms with E-state index in [2.05, 4.69) is 5.32 Å². The van der Waals surface area contributed by atoms with Crippen LogP contribution in [-0.4, -0.2) is 25.2 Å². The second-order valence-corrected chi connectivity index (χ2v) is 3.91. The molecule has 1 unspecified atom stereocenters. The van der Waals surface area contributed by atoms with E-state index in [1.54, 1.807) is 7.11 Å². The van der Waals surface area contributed by atoms with Gasteiger partial charge in [-0.05, 0) is 34.1 Å². The van der Waals surface area contributed by atoms with Crippen molar-refractivity contribution in [3.8, 4) is 0 Å². The monoisotopic (exact) mass is 219 g/mol. The Bertz CT molecular complexity index is 119. The molecule has 1 amide bonds. The Labute approximate surface area is 95.6 Å². The molecule has 0 aliphatic heterocycles. The molecule has 0 fully saturated rings. The lowest BCUT2D eigenvalue weighted by molar-refractivity contribution is -0.110. The molecule has 0 aliphatic rings. The summed E-state index contributed by atoms with van der Waals surface area (Å²) >= 11 is 0. The van der Waals surface area contributed by atoms with E-state index in [-0.39, 0.29) is 5.60 Å². The maximum Gasteiger partial charge on any atom is 0.207 e. The summed E-state index contributed by atoms with van der Waals surface area (Å²) < 4.78 is 4.94. The number of ether oxygens (including phenoxy) is 1. The van der Waals surface area contributed by atoms with E-state index >= 15 is 0 Å². The fraction of sp³-hybridized carbons (Fsp3) is 0.917. The summed E-state index contributed by atoms with van der Waals surface area (Å²) in [5.74, 6) is 0. The smallest absolute Gasteiger partial charge is 0.207 e. The Balaban J connectivity index is -0.000000166. The van der Waals surface area contributed by atoms with Gasteiger partial charge in [-0.25, -0.2) is 0 Å². The van der Waals surface area contributed by atoms with E-state index < -0.39 is 0 Å². The lowest BCUT2D eigenvalue weighted by Crippen LogP contribution is -2.22. The van der Waals surface area contributed by atoms with Gasteiger partial charge in [0, 0.05) is 13.2 Å². The van der Waals surface area contributed by atoms with Gasteiger partial charge in [0.25, 0.3) is 0 Å². The summed E-state index contributed by atoms with van der Waals surface area (Å²) in [5.41, 5.74) is 0.0417. The molecule has 0 aromatic carbocycles. The predicted octanol–water partition coefficient (Wildman–Crippen LogP) is 2.99. The summed E-state index contributed by atoms with van der Waals surface area (Å²) in [6, 6.07) is 0.331. The van der Waals surface area contributed by atoms with Crippen molar-refractivity contribution >= 4 is 6.41 Å². The van der Waals surface area contributed by atoms with Gasteiger partial charge in [-0.1, -0.05) is 20.8 Å². The second kappa shape index (κ2) is 13.4. The van der Waals surface area contributed by atoms with Crippen LogP contribution in [0, 0.1) is 0 Å². The molecule has 15 heavy (non-hydrogen) atoms. The van der Waals surface area contributed by atoms with Crippen molar-refractivity contribution in [1.29, 1.82) is 0 Å². The molecule has 0 heterocycles. The van der Waals surface area contributed by atoms with E-state index in [0.717, 1.165) is 12.8 Å². The number of methoxy groups -OCH3 is 1. The number of hydrogen-bond donors (Lipinski definition) is 1. The van der Waals surface area contributed by atoms with Crippen LogP contribution in [0.25, 0.3) is 0 Å². The Morgan fingerprint density at radius 2 is 1.67 bits per heavy atom. The molecular weight excluding hydrogens is 190 g/mol. The van der Waals surface area contributed by atoms with E-state index in [9.17, 15) is 4.79 Å². The molecule has 0 radical (unpaired) electrons. The molecular formula is C12H29NO2. The maximum atomic E-state index is 9.66. The number of rotatable bonds is 3. The van der Waals surface area contributed by atoms with Crippen LogP contribution >= 0.6 is 0 Å². The number of carbonyl (C=O) groups is 1. The minimum atomic E-state index is 0.0417. The van der Waals surface area contributed by atoms with Crippen molar-refractivity contribution < 1.29 is 9.53 Å². The van der Waals surface area contributed by atoms with Gasteiger partial charge in [-0.15, -0.1) is 0 Å². The van der Waals surface area contributed by atoms with Gasteiger partial charge in [0.15, 0.2) is 0 Å². The molecule has 0 saturated carbocycles. The van der Waals surface area contributed by atoms with Crippen molar-refractivity contribution in [3.63, 3.8) is 0 Å². The van der Waals surface area contributed by atoms with Crippen LogP contribution in [0.3, 0.4) is 0 Å². The highest BCUT2D eigenvalue weighted by Gasteiger charge is 2.03. The Hall–Kier alpha value is -0.570. The van der Waals surface area contributed by atoms with Crippen LogP contribution in [0.5, 0.6) is 0 Å². The van der Waals surface area contributed by atoms with Crippen molar-refractivity contribution in [2.24, 2.45) is 0 Å². The van der Waals surface area contributed by atoms with Gasteiger partial charge in [-0.3, -0.25) is 4.79 Å². The first-order chi connectivity index (χ1) is 6.87. The molecule has 3 heteroatoms. The molecule has 94 valence electrons. The lowest BCUT2D eigenvalue weighted by atomic mass is 10.2. The molecule has 0 aliphatic carbocycles. The van der Waals surface area contributed by atoms with E-state index in [1.807, 2.05) is 48.5 Å². The van der Waals surface area contributed by atoms with Crippen LogP contribution in [-0.2, 0) is 9.53 Å². The number of hydrogen-bond acceptors (Lipinski definition) is 2. The SMILES string of the molecule is CC.CCC(C)NC=O.COC(C)(C)C. The number of amides is 1. The van der Waals surface area contributed by atoms with Crippen molar-refractivity contribution in [1.82, 2.24) is 5.32 Å². The molecule has 3 nitrogen and oxygen atoms in total. The van der Waals surface area contributed by atoms with E-state index in [0.29, 0.717) is 6.04 Å². The first kappa shape index (κ1) is 19.9. The summed E-state index contributed by atoms with van der Waals surface area (Å²) in [7, 11) is 1.71. The Morgan fingerprint density at radius 3 is 1.73 bits per heavy atom. The van der Waals surface area contributed by atoms with Crippen LogP contribution < -0.4 is 5.32 Å². The van der Waals surface area contributed by atoms with Gasteiger partial charge in [0.2, 0.25) is 6.41 Å². The van der Waals surface area contributed by atoms with Crippen molar-refractivity contribution in [2.45, 2.75) is 66.5 Å². The van der Waals surface area contributed by atoms with Gasteiger partial charge in [0.1, 0.15) is 0 Å². The van der Waals surface area contributed by atoms with Crippen LogP contribution in [0.1, 0.15) is 54.9 Å². The topological polar surface area (TPSA) is 38.3 Å². The zero-order valence-corrected chi connectivity index (χ0v) is 11.7. The standard InChI is InChI=1S/C5H11NO.C5H12O.C2H6/c1-3-5(2)6-4-7;1-5(2,3)6-4;1-2/h4-5H,3H2,1-2H3,(H,6,7);1-4H3;1-2H3. The van der Waals surface area contributed by atoms with Gasteiger partial charge in [0.05, 0.1) is 5.60 Å². The quantitative estimate of drug-likeness (QED) is 0.741. The summed E-state index contributed by atoms with van der Waals surface area (Å²) in [4.78, 5) is 9.66. The normalized spacial score (nSPS) is 11.2. The van der Waals surface area contributed by atoms with E-state index in [4.69, 9.17) is 4.74 Å². The predicted molar refractivity (Wildman–Crippen MR) is 67.1 cm³/mol. The van der Waals surface area contributed by atoms with Crippen LogP contribution in [0.2, 0.25) is 0 Å². The average Bonchev–Trinajstić information content (AvgIpc) is 2.21. The molecule has 0 spiro atoms. The van der Waals surface area contributed by atoms with Gasteiger partial charge >= 0.3 is 0 Å². The zero-order valence-electron chi connectivity index (χ0n) is 11.7. The minimum absolute atomic E-state index is 0.0417. The van der Waals surface area contributed by atoms with Crippen molar-refractivity contribution in [2.75, 3.05) is 7.11 Å². The molecule has 0 saturated heterocycles. The first-order valence-corrected chi connectivity index (χ1v) is 5.62. The molecule has 0 rings (SSSR count). The number of carbonyl (C=O) groups excluding carboxylic acids is 1. The number of nitrogens with one attached hydrogen (secondary N) is 1. The van der Waals surface area contributed by atoms with Crippen molar-refractivity contribution in [3.05, 3.63) is 0 Å². The fourth-order valence-electron chi connectivity index (χ4n) is 0.234. The largest absolute Gasteiger partial charge is 0.379 e. The minimum Gasteiger partial charge on any atom is -0.379 e. The fourth-order valence-corrected chi connectivity index (χ4v) is 0.234. The highest BCUT2D eigenvalue weighted by Crippen LogP contribution is 2.02. The lowest BCUT2D eigenvalue weighted by Gasteiger charge is -2.14. The zero-order chi connectivity index (χ0) is 12.9. The summed E-state index contributed by atoms with van der Waals surface area (Å²) in [5, 5.41) is 2.61. The third-order valence-electron chi connectivity index (χ3n) is 1.58. The highest BCUT2D eigenvalue weighted by molar-refractivity contribution is 5.46. The molecule has 1 atom stereocenters. The summed E-state index contributed by atoms with van der Waals surface area (Å²) in [6.07, 6.45) is 1.73. The van der Waals surface area contributed by atoms with E-state index in [1.165, 1.54) is 0 Å². The molecule has 0 aromatic heterocycles. The maximum absolute atomic E-state index is 9.66. The highest BCUT2D eigenvalue weighted by atomic mass is 16.5. The Morgan fingerprint density at radius 1 is 1.33 bits per heavy atom. The van der Waals surface area contributed by atoms with Crippen LogP contribution in [0.4, 0.5) is 0 Å². The third kappa shape index (κ3) is 31.8.